The van der Waals surface area contributed by atoms with Gasteiger partial charge in [0, 0.05) is 5.31 Å². The van der Waals surface area contributed by atoms with E-state index in [0.717, 1.165) is 5.56 Å². The van der Waals surface area contributed by atoms with E-state index in [1.165, 1.54) is 0 Å². The Labute approximate surface area is 146 Å². The molecule has 0 spiro atoms. The highest BCUT2D eigenvalue weighted by Crippen LogP contribution is 2.46. The van der Waals surface area contributed by atoms with E-state index in [1.807, 2.05) is 65.0 Å². The molecule has 5 heteroatoms. The fourth-order valence-corrected chi connectivity index (χ4v) is 3.13. The highest BCUT2D eigenvalue weighted by atomic mass is 16.7. The summed E-state index contributed by atoms with van der Waals surface area (Å²) in [5.74, 6) is -0.224. The third kappa shape index (κ3) is 3.38. The van der Waals surface area contributed by atoms with Crippen molar-refractivity contribution >= 4 is 13.1 Å². The molecule has 1 saturated heterocycles. The molecule has 0 radical (unpaired) electrons. The lowest BCUT2D eigenvalue weighted by Crippen LogP contribution is -2.47. The molecule has 0 aromatic heterocycles. The van der Waals surface area contributed by atoms with Gasteiger partial charge in [-0.1, -0.05) is 37.3 Å². The van der Waals surface area contributed by atoms with Gasteiger partial charge in [0.25, 0.3) is 0 Å². The van der Waals surface area contributed by atoms with Crippen molar-refractivity contribution in [3.8, 4) is 0 Å². The molecule has 132 valence electrons. The van der Waals surface area contributed by atoms with Crippen molar-refractivity contribution in [2.24, 2.45) is 0 Å². The van der Waals surface area contributed by atoms with Gasteiger partial charge in [-0.25, -0.2) is 0 Å². The maximum Gasteiger partial charge on any atom is 0.469 e. The fourth-order valence-electron chi connectivity index (χ4n) is 3.13. The van der Waals surface area contributed by atoms with Gasteiger partial charge in [0.1, 0.15) is 0 Å². The first-order valence-electron chi connectivity index (χ1n) is 8.75. The largest absolute Gasteiger partial charge is 0.469 e. The number of esters is 1. The van der Waals surface area contributed by atoms with Crippen LogP contribution >= 0.6 is 0 Å². The third-order valence-corrected chi connectivity index (χ3v) is 5.45. The number of rotatable bonds is 6. The molecule has 1 aliphatic rings. The lowest BCUT2D eigenvalue weighted by Gasteiger charge is -2.34. The first-order valence-corrected chi connectivity index (χ1v) is 8.75. The Morgan fingerprint density at radius 1 is 1.08 bits per heavy atom. The first-order chi connectivity index (χ1) is 11.2. The molecule has 4 nitrogen and oxygen atoms in total. The van der Waals surface area contributed by atoms with Gasteiger partial charge in [-0.2, -0.15) is 0 Å². The van der Waals surface area contributed by atoms with Crippen molar-refractivity contribution < 1.29 is 18.8 Å². The summed E-state index contributed by atoms with van der Waals surface area (Å²) in [6.45, 7) is 12.4. The SMILES string of the molecule is CCOC(=O)CC(CC)(B1OC(C)(C)C(C)(C)O1)c1ccccc1. The normalized spacial score (nSPS) is 21.3. The summed E-state index contributed by atoms with van der Waals surface area (Å²) >= 11 is 0. The average Bonchev–Trinajstić information content (AvgIpc) is 2.74. The zero-order chi connectivity index (χ0) is 18.0. The van der Waals surface area contributed by atoms with Crippen LogP contribution in [0.15, 0.2) is 30.3 Å². The van der Waals surface area contributed by atoms with Crippen LogP contribution in [0.3, 0.4) is 0 Å². The third-order valence-electron chi connectivity index (χ3n) is 5.45. The second-order valence-electron chi connectivity index (χ2n) is 7.45. The Hall–Kier alpha value is -1.33. The van der Waals surface area contributed by atoms with Crippen molar-refractivity contribution in [2.75, 3.05) is 6.61 Å². The molecule has 0 bridgehead atoms. The summed E-state index contributed by atoms with van der Waals surface area (Å²) in [5, 5.41) is -0.571. The van der Waals surface area contributed by atoms with Crippen molar-refractivity contribution in [1.82, 2.24) is 0 Å². The van der Waals surface area contributed by atoms with Crippen LogP contribution in [0.25, 0.3) is 0 Å². The van der Waals surface area contributed by atoms with Crippen LogP contribution in [-0.4, -0.2) is 30.9 Å². The van der Waals surface area contributed by atoms with Crippen LogP contribution in [0.5, 0.6) is 0 Å². The number of hydrogen-bond acceptors (Lipinski definition) is 4. The maximum absolute atomic E-state index is 12.3. The van der Waals surface area contributed by atoms with Crippen LogP contribution < -0.4 is 0 Å². The van der Waals surface area contributed by atoms with Crippen molar-refractivity contribution in [3.63, 3.8) is 0 Å². The minimum Gasteiger partial charge on any atom is -0.466 e. The lowest BCUT2D eigenvalue weighted by atomic mass is 9.51. The molecule has 1 heterocycles. The van der Waals surface area contributed by atoms with E-state index in [4.69, 9.17) is 14.0 Å². The number of carbonyl (C=O) groups excluding carboxylic acids is 1. The molecule has 0 amide bonds. The summed E-state index contributed by atoms with van der Waals surface area (Å²) in [4.78, 5) is 12.3. The van der Waals surface area contributed by atoms with E-state index in [0.29, 0.717) is 13.0 Å². The number of hydrogen-bond donors (Lipinski definition) is 0. The van der Waals surface area contributed by atoms with Crippen LogP contribution in [-0.2, 0) is 24.2 Å². The molecule has 1 atom stereocenters. The van der Waals surface area contributed by atoms with Gasteiger partial charge >= 0.3 is 13.1 Å². The van der Waals surface area contributed by atoms with Gasteiger partial charge in [-0.3, -0.25) is 4.79 Å². The molecule has 1 aromatic rings. The quantitative estimate of drug-likeness (QED) is 0.585. The van der Waals surface area contributed by atoms with Crippen LogP contribution in [0, 0.1) is 0 Å². The summed E-state index contributed by atoms with van der Waals surface area (Å²) < 4.78 is 17.9. The van der Waals surface area contributed by atoms with E-state index in [-0.39, 0.29) is 12.4 Å². The van der Waals surface area contributed by atoms with Gasteiger partial charge in [0.2, 0.25) is 0 Å². The molecule has 0 aliphatic carbocycles. The lowest BCUT2D eigenvalue weighted by molar-refractivity contribution is -0.144. The van der Waals surface area contributed by atoms with Gasteiger partial charge in [0.05, 0.1) is 24.2 Å². The second kappa shape index (κ2) is 6.89. The van der Waals surface area contributed by atoms with Crippen LogP contribution in [0.2, 0.25) is 0 Å². The monoisotopic (exact) mass is 332 g/mol. The molecule has 0 saturated carbocycles. The number of carbonyl (C=O) groups is 1. The first kappa shape index (κ1) is 19.0. The van der Waals surface area contributed by atoms with Crippen molar-refractivity contribution in [2.45, 2.75) is 70.9 Å². The summed E-state index contributed by atoms with van der Waals surface area (Å²) in [6, 6.07) is 10.0. The second-order valence-corrected chi connectivity index (χ2v) is 7.45. The maximum atomic E-state index is 12.3. The zero-order valence-electron chi connectivity index (χ0n) is 15.7. The van der Waals surface area contributed by atoms with Gasteiger partial charge < -0.3 is 14.0 Å². The van der Waals surface area contributed by atoms with Crippen molar-refractivity contribution in [1.29, 1.82) is 0 Å². The molecule has 24 heavy (non-hydrogen) atoms. The molecule has 0 N–H and O–H groups in total. The van der Waals surface area contributed by atoms with E-state index >= 15 is 0 Å². The van der Waals surface area contributed by atoms with Crippen LogP contribution in [0.4, 0.5) is 0 Å². The molecule has 2 rings (SSSR count). The Balaban J connectivity index is 2.45. The van der Waals surface area contributed by atoms with Gasteiger partial charge in [-0.15, -0.1) is 0 Å². The minimum atomic E-state index is -0.571. The fraction of sp³-hybridized carbons (Fsp3) is 0.632. The Bertz CT molecular complexity index is 554. The van der Waals surface area contributed by atoms with E-state index in [1.54, 1.807) is 0 Å². The van der Waals surface area contributed by atoms with Gasteiger partial charge in [0.15, 0.2) is 0 Å². The molecule has 1 unspecified atom stereocenters. The molecular formula is C19H29BO4. The van der Waals surface area contributed by atoms with E-state index < -0.39 is 23.6 Å². The molecule has 1 aromatic carbocycles. The van der Waals surface area contributed by atoms with Crippen molar-refractivity contribution in [3.05, 3.63) is 35.9 Å². The van der Waals surface area contributed by atoms with E-state index in [2.05, 4.69) is 6.92 Å². The Kier molecular flexibility index (Phi) is 5.45. The van der Waals surface area contributed by atoms with E-state index in [9.17, 15) is 4.79 Å². The molecule has 1 fully saturated rings. The smallest absolute Gasteiger partial charge is 0.466 e. The zero-order valence-corrected chi connectivity index (χ0v) is 15.7. The highest BCUT2D eigenvalue weighted by molar-refractivity contribution is 6.50. The minimum absolute atomic E-state index is 0.224. The summed E-state index contributed by atoms with van der Waals surface area (Å²) in [6.07, 6.45) is 0.949. The predicted octanol–water partition coefficient (Wildman–Crippen LogP) is 3.92. The number of ether oxygens (including phenoxy) is 1. The van der Waals surface area contributed by atoms with Crippen LogP contribution in [0.1, 0.15) is 59.9 Å². The number of benzene rings is 1. The Morgan fingerprint density at radius 2 is 1.62 bits per heavy atom. The molecular weight excluding hydrogens is 303 g/mol. The summed E-state index contributed by atoms with van der Waals surface area (Å²) in [7, 11) is -0.501. The standard InChI is InChI=1S/C19H29BO4/c1-7-19(14-16(21)22-8-2,15-12-10-9-11-13-15)20-23-17(3,4)18(5,6)24-20/h9-13H,7-8,14H2,1-6H3. The Morgan fingerprint density at radius 3 is 2.08 bits per heavy atom. The van der Waals surface area contributed by atoms with Gasteiger partial charge in [-0.05, 0) is 46.6 Å². The topological polar surface area (TPSA) is 44.8 Å². The predicted molar refractivity (Wildman–Crippen MR) is 95.7 cm³/mol. The molecule has 1 aliphatic heterocycles. The summed E-state index contributed by atoms with van der Waals surface area (Å²) in [5.41, 5.74) is 0.155. The average molecular weight is 332 g/mol. The highest BCUT2D eigenvalue weighted by Gasteiger charge is 2.60.